The molecule has 0 spiro atoms. The van der Waals surface area contributed by atoms with Crippen LogP contribution in [0.2, 0.25) is 0 Å². The standard InChI is InChI=1S/C19H10F6N2O2/c20-10-7-14(21)17(15(22)8-10)18(28)27-11-1-3-12(4-2-11)29-16-9-26-6-5-13(16)19(23,24)25/h1-9H,(H,27,28). The fraction of sp³-hybridized carbons (Fsp3) is 0.0526. The Morgan fingerprint density at radius 1 is 0.966 bits per heavy atom. The number of alkyl halides is 3. The summed E-state index contributed by atoms with van der Waals surface area (Å²) in [4.78, 5) is 15.6. The van der Waals surface area contributed by atoms with E-state index in [1.54, 1.807) is 0 Å². The lowest BCUT2D eigenvalue weighted by molar-refractivity contribution is -0.138. The molecular weight excluding hydrogens is 402 g/mol. The van der Waals surface area contributed by atoms with Crippen LogP contribution in [-0.4, -0.2) is 10.9 Å². The molecular formula is C19H10F6N2O2. The fourth-order valence-corrected chi connectivity index (χ4v) is 2.38. The summed E-state index contributed by atoms with van der Waals surface area (Å²) in [5.74, 6) is -5.62. The zero-order valence-corrected chi connectivity index (χ0v) is 14.2. The third-order valence-electron chi connectivity index (χ3n) is 3.66. The summed E-state index contributed by atoms with van der Waals surface area (Å²) in [7, 11) is 0. The van der Waals surface area contributed by atoms with Crippen LogP contribution in [-0.2, 0) is 6.18 Å². The van der Waals surface area contributed by atoms with Crippen LogP contribution in [0.4, 0.5) is 32.0 Å². The monoisotopic (exact) mass is 412 g/mol. The maximum atomic E-state index is 13.6. The number of nitrogens with zero attached hydrogens (tertiary/aromatic N) is 1. The Labute approximate surface area is 159 Å². The summed E-state index contributed by atoms with van der Waals surface area (Å²) in [6, 6.07) is 6.45. The number of anilines is 1. The van der Waals surface area contributed by atoms with E-state index in [2.05, 4.69) is 10.3 Å². The van der Waals surface area contributed by atoms with Crippen molar-refractivity contribution in [2.75, 3.05) is 5.32 Å². The molecule has 1 amide bonds. The van der Waals surface area contributed by atoms with Crippen LogP contribution in [0.1, 0.15) is 15.9 Å². The van der Waals surface area contributed by atoms with Crippen LogP contribution in [0.5, 0.6) is 11.5 Å². The normalized spacial score (nSPS) is 11.2. The van der Waals surface area contributed by atoms with Gasteiger partial charge in [0.2, 0.25) is 0 Å². The van der Waals surface area contributed by atoms with Crippen molar-refractivity contribution in [3.8, 4) is 11.5 Å². The van der Waals surface area contributed by atoms with Gasteiger partial charge in [0.15, 0.2) is 5.75 Å². The molecule has 10 heteroatoms. The molecule has 0 aliphatic carbocycles. The molecule has 0 atom stereocenters. The molecule has 29 heavy (non-hydrogen) atoms. The fourth-order valence-electron chi connectivity index (χ4n) is 2.38. The molecule has 1 N–H and O–H groups in total. The maximum absolute atomic E-state index is 13.6. The predicted octanol–water partition coefficient (Wildman–Crippen LogP) is 5.56. The number of hydrogen-bond acceptors (Lipinski definition) is 3. The lowest BCUT2D eigenvalue weighted by Crippen LogP contribution is -2.16. The number of hydrogen-bond donors (Lipinski definition) is 1. The van der Waals surface area contributed by atoms with E-state index in [0.717, 1.165) is 18.5 Å². The summed E-state index contributed by atoms with van der Waals surface area (Å²) < 4.78 is 84.3. The molecule has 0 unspecified atom stereocenters. The highest BCUT2D eigenvalue weighted by Gasteiger charge is 2.34. The molecule has 1 aromatic heterocycles. The summed E-state index contributed by atoms with van der Waals surface area (Å²) in [5, 5.41) is 2.20. The van der Waals surface area contributed by atoms with E-state index >= 15 is 0 Å². The number of carbonyl (C=O) groups excluding carboxylic acids is 1. The number of aromatic nitrogens is 1. The van der Waals surface area contributed by atoms with Crippen molar-refractivity contribution >= 4 is 11.6 Å². The topological polar surface area (TPSA) is 51.2 Å². The molecule has 0 saturated carbocycles. The van der Waals surface area contributed by atoms with Crippen LogP contribution in [0.25, 0.3) is 0 Å². The SMILES string of the molecule is O=C(Nc1ccc(Oc2cnccc2C(F)(F)F)cc1)c1c(F)cc(F)cc1F. The van der Waals surface area contributed by atoms with Gasteiger partial charge in [-0.2, -0.15) is 13.2 Å². The minimum absolute atomic E-state index is 0.000595. The van der Waals surface area contributed by atoms with E-state index < -0.39 is 46.4 Å². The smallest absolute Gasteiger partial charge is 0.420 e. The van der Waals surface area contributed by atoms with E-state index in [-0.39, 0.29) is 11.4 Å². The summed E-state index contributed by atoms with van der Waals surface area (Å²) >= 11 is 0. The van der Waals surface area contributed by atoms with Crippen molar-refractivity contribution in [3.05, 3.63) is 83.4 Å². The Kier molecular flexibility index (Phi) is 5.44. The van der Waals surface area contributed by atoms with Crippen molar-refractivity contribution in [3.63, 3.8) is 0 Å². The van der Waals surface area contributed by atoms with Gasteiger partial charge in [0.25, 0.3) is 5.91 Å². The lowest BCUT2D eigenvalue weighted by atomic mass is 10.1. The largest absolute Gasteiger partial charge is 0.455 e. The van der Waals surface area contributed by atoms with Crippen LogP contribution >= 0.6 is 0 Å². The second-order valence-electron chi connectivity index (χ2n) is 5.69. The number of pyridine rings is 1. The second-order valence-corrected chi connectivity index (χ2v) is 5.69. The molecule has 3 rings (SSSR count). The van der Waals surface area contributed by atoms with E-state index in [1.807, 2.05) is 0 Å². The molecule has 1 heterocycles. The van der Waals surface area contributed by atoms with E-state index in [4.69, 9.17) is 4.74 Å². The highest BCUT2D eigenvalue weighted by Crippen LogP contribution is 2.37. The molecule has 2 aromatic carbocycles. The van der Waals surface area contributed by atoms with Gasteiger partial charge >= 0.3 is 6.18 Å². The molecule has 150 valence electrons. The molecule has 3 aromatic rings. The average Bonchev–Trinajstić information content (AvgIpc) is 2.62. The van der Waals surface area contributed by atoms with E-state index in [9.17, 15) is 31.1 Å². The summed E-state index contributed by atoms with van der Waals surface area (Å²) in [5.41, 5.74) is -1.92. The van der Waals surface area contributed by atoms with E-state index in [0.29, 0.717) is 12.1 Å². The van der Waals surface area contributed by atoms with Gasteiger partial charge < -0.3 is 10.1 Å². The number of nitrogens with one attached hydrogen (secondary N) is 1. The van der Waals surface area contributed by atoms with Gasteiger partial charge in [-0.3, -0.25) is 9.78 Å². The minimum atomic E-state index is -4.64. The number of carbonyl (C=O) groups is 1. The van der Waals surface area contributed by atoms with Gasteiger partial charge in [0, 0.05) is 24.0 Å². The molecule has 0 aliphatic rings. The predicted molar refractivity (Wildman–Crippen MR) is 90.0 cm³/mol. The maximum Gasteiger partial charge on any atom is 0.420 e. The molecule has 0 fully saturated rings. The molecule has 0 saturated heterocycles. The van der Waals surface area contributed by atoms with Gasteiger partial charge in [0.1, 0.15) is 34.3 Å². The Morgan fingerprint density at radius 2 is 1.59 bits per heavy atom. The number of amides is 1. The molecule has 0 bridgehead atoms. The van der Waals surface area contributed by atoms with Crippen molar-refractivity contribution in [2.45, 2.75) is 6.18 Å². The average molecular weight is 412 g/mol. The zero-order chi connectivity index (χ0) is 21.2. The van der Waals surface area contributed by atoms with Crippen molar-refractivity contribution in [1.82, 2.24) is 4.98 Å². The minimum Gasteiger partial charge on any atom is -0.455 e. The molecule has 0 radical (unpaired) electrons. The Bertz CT molecular complexity index is 1030. The highest BCUT2D eigenvalue weighted by atomic mass is 19.4. The van der Waals surface area contributed by atoms with Crippen LogP contribution < -0.4 is 10.1 Å². The molecule has 0 aliphatic heterocycles. The number of halogens is 6. The van der Waals surface area contributed by atoms with Crippen LogP contribution in [0, 0.1) is 17.5 Å². The Morgan fingerprint density at radius 3 is 2.17 bits per heavy atom. The van der Waals surface area contributed by atoms with Gasteiger partial charge in [-0.15, -0.1) is 0 Å². The van der Waals surface area contributed by atoms with E-state index in [1.165, 1.54) is 24.3 Å². The van der Waals surface area contributed by atoms with Gasteiger partial charge in [-0.1, -0.05) is 0 Å². The summed E-state index contributed by atoms with van der Waals surface area (Å²) in [6.07, 6.45) is -2.77. The van der Waals surface area contributed by atoms with Crippen molar-refractivity contribution in [2.24, 2.45) is 0 Å². The van der Waals surface area contributed by atoms with Gasteiger partial charge in [-0.25, -0.2) is 13.2 Å². The van der Waals surface area contributed by atoms with Gasteiger partial charge in [-0.05, 0) is 30.3 Å². The quantitative estimate of drug-likeness (QED) is 0.571. The Hall–Kier alpha value is -3.56. The number of benzene rings is 2. The first-order valence-corrected chi connectivity index (χ1v) is 7.90. The van der Waals surface area contributed by atoms with Crippen molar-refractivity contribution < 1.29 is 35.9 Å². The van der Waals surface area contributed by atoms with Crippen molar-refractivity contribution in [1.29, 1.82) is 0 Å². The second kappa shape index (κ2) is 7.82. The third kappa shape index (κ3) is 4.65. The number of ether oxygens (including phenoxy) is 1. The lowest BCUT2D eigenvalue weighted by Gasteiger charge is -2.13. The number of rotatable bonds is 4. The van der Waals surface area contributed by atoms with Crippen LogP contribution in [0.3, 0.4) is 0 Å². The first-order chi connectivity index (χ1) is 13.6. The molecule has 4 nitrogen and oxygen atoms in total. The first kappa shape index (κ1) is 20.2. The highest BCUT2D eigenvalue weighted by molar-refractivity contribution is 6.04. The third-order valence-corrected chi connectivity index (χ3v) is 3.66. The Balaban J connectivity index is 1.76. The first-order valence-electron chi connectivity index (χ1n) is 7.90. The van der Waals surface area contributed by atoms with Crippen LogP contribution in [0.15, 0.2) is 54.9 Å². The summed E-state index contributed by atoms with van der Waals surface area (Å²) in [6.45, 7) is 0. The zero-order valence-electron chi connectivity index (χ0n) is 14.2. The van der Waals surface area contributed by atoms with Gasteiger partial charge in [0.05, 0.1) is 6.20 Å².